The number of amides is 2. The summed E-state index contributed by atoms with van der Waals surface area (Å²) in [6.07, 6.45) is 29.7. The molecule has 13 heteroatoms. The molecular formula is C46H64IN4O8-. The molecule has 0 aliphatic heterocycles. The van der Waals surface area contributed by atoms with E-state index in [1.807, 2.05) is 24.3 Å². The number of carbonyl (C=O) groups excluding carboxylic acids is 4. The summed E-state index contributed by atoms with van der Waals surface area (Å²) in [6, 6.07) is 0. The monoisotopic (exact) mass is 927 g/mol. The number of nitrogens with two attached hydrogens (primary N) is 2. The van der Waals surface area contributed by atoms with E-state index >= 15 is 0 Å². The van der Waals surface area contributed by atoms with Crippen molar-refractivity contribution in [3.05, 3.63) is 130 Å². The van der Waals surface area contributed by atoms with Crippen LogP contribution >= 0.6 is 0 Å². The van der Waals surface area contributed by atoms with E-state index in [4.69, 9.17) is 21.3 Å². The molecule has 2 aliphatic rings. The van der Waals surface area contributed by atoms with Crippen LogP contribution in [0.3, 0.4) is 0 Å². The minimum atomic E-state index is -0.924. The zero-order valence-electron chi connectivity index (χ0n) is 36.3. The van der Waals surface area contributed by atoms with Crippen LogP contribution in [0.2, 0.25) is 0 Å². The zero-order valence-corrected chi connectivity index (χ0v) is 38.4. The first-order chi connectivity index (χ1) is 27.8. The second-order valence-electron chi connectivity index (χ2n) is 16.1. The number of allylic oxidation sites excluding steroid dienone is 20. The molecule has 2 amide bonds. The van der Waals surface area contributed by atoms with Crippen LogP contribution in [-0.2, 0) is 28.7 Å². The van der Waals surface area contributed by atoms with E-state index in [2.05, 4.69) is 149 Å². The molecule has 0 aromatic heterocycles. The van der Waals surface area contributed by atoms with Gasteiger partial charge in [0.25, 0.3) is 0 Å². The molecule has 0 spiro atoms. The van der Waals surface area contributed by atoms with E-state index in [0.717, 1.165) is 34.3 Å². The molecule has 59 heavy (non-hydrogen) atoms. The van der Waals surface area contributed by atoms with Crippen LogP contribution in [0.25, 0.3) is 0 Å². The quantitative estimate of drug-likeness (QED) is 0.0345. The molecule has 0 saturated heterocycles. The summed E-state index contributed by atoms with van der Waals surface area (Å²) in [6.45, 7) is 20.7. The molecule has 0 bridgehead atoms. The van der Waals surface area contributed by atoms with E-state index in [1.165, 1.54) is 16.7 Å². The minimum Gasteiger partial charge on any atom is -0.461 e. The number of ether oxygens (including phenoxy) is 2. The summed E-state index contributed by atoms with van der Waals surface area (Å²) in [4.78, 5) is 54.8. The molecule has 0 saturated carbocycles. The molecule has 2 rings (SSSR count). The molecule has 0 aromatic rings. The molecule has 324 valence electrons. The van der Waals surface area contributed by atoms with E-state index in [0.29, 0.717) is 19.3 Å². The van der Waals surface area contributed by atoms with Crippen molar-refractivity contribution in [3.8, 4) is 0 Å². The number of carbonyl (C=O) groups is 4. The van der Waals surface area contributed by atoms with Crippen LogP contribution < -0.4 is 42.1 Å². The normalized spacial score (nSPS) is 20.7. The van der Waals surface area contributed by atoms with Gasteiger partial charge in [-0.05, 0) is 45.1 Å². The molecule has 0 radical (unpaired) electrons. The van der Waals surface area contributed by atoms with Gasteiger partial charge in [0.1, 0.15) is 12.6 Å². The number of nitrogens with one attached hydrogen (secondary N) is 2. The van der Waals surface area contributed by atoms with E-state index < -0.39 is 39.6 Å². The maximum absolute atomic E-state index is 12.3. The molecule has 0 heterocycles. The van der Waals surface area contributed by atoms with Gasteiger partial charge >= 0.3 is 172 Å². The average Bonchev–Trinajstić information content (AvgIpc) is 3.14. The number of esters is 2. The van der Waals surface area contributed by atoms with Crippen LogP contribution in [0, 0.1) is 10.8 Å². The fraction of sp³-hybridized carbons (Fsp3) is 0.435. The van der Waals surface area contributed by atoms with Crippen LogP contribution in [0.1, 0.15) is 94.9 Å². The predicted molar refractivity (Wildman–Crippen MR) is 229 cm³/mol. The number of hydrogen-bond acceptors (Lipinski definition) is 10. The third-order valence-corrected chi connectivity index (χ3v) is 11.5. The van der Waals surface area contributed by atoms with Crippen molar-refractivity contribution in [2.75, 3.05) is 11.0 Å². The van der Waals surface area contributed by atoms with E-state index in [9.17, 15) is 19.2 Å². The Morgan fingerprint density at radius 1 is 0.644 bits per heavy atom. The second kappa shape index (κ2) is 25.0. The summed E-state index contributed by atoms with van der Waals surface area (Å²) >= 11 is -0.924. The van der Waals surface area contributed by atoms with Gasteiger partial charge < -0.3 is 14.9 Å². The van der Waals surface area contributed by atoms with Crippen molar-refractivity contribution in [1.82, 2.24) is 8.85 Å². The summed E-state index contributed by atoms with van der Waals surface area (Å²) in [5.41, 5.74) is 8.94. The van der Waals surface area contributed by atoms with Crippen molar-refractivity contribution in [2.45, 2.75) is 107 Å². The molecule has 0 fully saturated rings. The Hall–Kier alpha value is -4.73. The Kier molecular flexibility index (Phi) is 21.4. The molecule has 2 atom stereocenters. The van der Waals surface area contributed by atoms with E-state index in [-0.39, 0.29) is 40.0 Å². The third-order valence-electron chi connectivity index (χ3n) is 9.72. The molecular weight excluding hydrogens is 863 g/mol. The van der Waals surface area contributed by atoms with Crippen molar-refractivity contribution in [2.24, 2.45) is 22.6 Å². The fourth-order valence-electron chi connectivity index (χ4n) is 7.03. The minimum absolute atomic E-state index is 0.155. The Balaban J connectivity index is 1.90. The van der Waals surface area contributed by atoms with Crippen LogP contribution in [0.5, 0.6) is 0 Å². The van der Waals surface area contributed by atoms with Gasteiger partial charge in [0.15, 0.2) is 0 Å². The van der Waals surface area contributed by atoms with Gasteiger partial charge in [-0.15, -0.1) is 0 Å². The Morgan fingerprint density at radius 3 is 1.47 bits per heavy atom. The third kappa shape index (κ3) is 19.3. The van der Waals surface area contributed by atoms with Crippen molar-refractivity contribution in [3.63, 3.8) is 0 Å². The molecule has 2 unspecified atom stereocenters. The summed E-state index contributed by atoms with van der Waals surface area (Å²) in [7, 11) is 0. The van der Waals surface area contributed by atoms with Gasteiger partial charge in [-0.1, -0.05) is 96.9 Å². The standard InChI is InChI=1S/C46H64IN4O8/c1-31(17-13-19-33(3)21-23-39-35(5)25-37(27-45(39,7)8)56-41(52)29-47-51-44(55)59-49)15-11-12-16-32(2)18-14-20-34(4)22-24-40-36(6)26-38(28-46(40,9)10)57-42(53)30-50-43(54)58-48/h11-24,37-38H,25-30,48-49H2,1-10H3,(H,50,54)(H,51,55)/q-1/b12-11+,17-13+,18-14+,23-21+,24-22+,31-15+,32-16+,33-19+,34-20+. The second-order valence-corrected chi connectivity index (χ2v) is 18.2. The van der Waals surface area contributed by atoms with Crippen molar-refractivity contribution in [1.29, 1.82) is 0 Å². The molecule has 2 aliphatic carbocycles. The van der Waals surface area contributed by atoms with Crippen LogP contribution in [-0.4, -0.2) is 47.3 Å². The van der Waals surface area contributed by atoms with E-state index in [1.54, 1.807) is 0 Å². The Morgan fingerprint density at radius 2 is 1.05 bits per heavy atom. The van der Waals surface area contributed by atoms with Gasteiger partial charge in [0.2, 0.25) is 0 Å². The maximum atomic E-state index is 12.3. The van der Waals surface area contributed by atoms with Gasteiger partial charge in [-0.2, -0.15) is 5.90 Å². The number of alkyl halides is 1. The first-order valence-electron chi connectivity index (χ1n) is 19.5. The molecule has 6 N–H and O–H groups in total. The number of rotatable bonds is 17. The van der Waals surface area contributed by atoms with Gasteiger partial charge in [0, 0.05) is 6.42 Å². The SMILES string of the molecule is CC1=C(/C=C/C(C)=C/C=C/C(C)=C/C=C/C=C(C)/C=C/C=C(C)/C=C/C2=C(C)CC(OC(=O)C[I-]NC(=O)ON)CC2(C)C)C(C)(C)CC(OC(=O)CNC(=O)ON)C1. The largest absolute Gasteiger partial charge is 0.461 e. The van der Waals surface area contributed by atoms with Gasteiger partial charge in [-0.25, -0.2) is 4.79 Å². The number of halogens is 1. The Bertz CT molecular complexity index is 1870. The topological polar surface area (TPSA) is 181 Å². The summed E-state index contributed by atoms with van der Waals surface area (Å²) in [5, 5.41) is 2.24. The smallest absolute Gasteiger partial charge is 0.426 e. The van der Waals surface area contributed by atoms with Crippen molar-refractivity contribution < 1.29 is 59.8 Å². The van der Waals surface area contributed by atoms with Gasteiger partial charge in [-0.3, -0.25) is 4.79 Å². The van der Waals surface area contributed by atoms with Gasteiger partial charge in [0.05, 0.1) is 0 Å². The fourth-order valence-corrected chi connectivity index (χ4v) is 8.15. The Labute approximate surface area is 361 Å². The maximum Gasteiger partial charge on any atom is 0.426 e. The van der Waals surface area contributed by atoms with Crippen LogP contribution in [0.4, 0.5) is 9.59 Å². The zero-order chi connectivity index (χ0) is 44.2. The molecule has 12 nitrogen and oxygen atoms in total. The number of hydrogen-bond donors (Lipinski definition) is 4. The first kappa shape index (κ1) is 50.4. The molecule has 0 aromatic carbocycles. The predicted octanol–water partition coefficient (Wildman–Crippen LogP) is 5.85. The van der Waals surface area contributed by atoms with Crippen molar-refractivity contribution >= 4 is 24.1 Å². The first-order valence-corrected chi connectivity index (χ1v) is 22.1. The summed E-state index contributed by atoms with van der Waals surface area (Å²) in [5.74, 6) is 8.74. The van der Waals surface area contributed by atoms with Crippen LogP contribution in [0.15, 0.2) is 130 Å². The average molecular weight is 928 g/mol. The summed E-state index contributed by atoms with van der Waals surface area (Å²) < 4.78 is 14.0.